The Morgan fingerprint density at radius 3 is 2.63 bits per heavy atom. The summed E-state index contributed by atoms with van der Waals surface area (Å²) in [5, 5.41) is 6.08. The Labute approximate surface area is 125 Å². The Morgan fingerprint density at radius 1 is 1.37 bits per heavy atom. The Bertz CT molecular complexity index is 568. The summed E-state index contributed by atoms with van der Waals surface area (Å²) in [5.41, 5.74) is 1.67. The van der Waals surface area contributed by atoms with Crippen LogP contribution in [-0.2, 0) is 0 Å². The number of hydrogen-bond acceptors (Lipinski definition) is 3. The van der Waals surface area contributed by atoms with Gasteiger partial charge in [-0.05, 0) is 25.1 Å². The fraction of sp³-hybridized carbons (Fsp3) is 0.357. The minimum atomic E-state index is -0.227. The smallest absolute Gasteiger partial charge is 0.129 e. The molecule has 2 nitrogen and oxygen atoms in total. The molecule has 1 N–H and O–H groups in total. The number of hydrogen-bond donors (Lipinski definition) is 1. The van der Waals surface area contributed by atoms with E-state index in [0.29, 0.717) is 11.5 Å². The fourth-order valence-electron chi connectivity index (χ4n) is 1.85. The molecule has 0 saturated heterocycles. The standard InChI is InChI=1S/C14H16BrFN2S/c1-8(2)12-7-19-14(18-12)13(17-3)10-5-4-9(15)6-11(10)16/h4-8,13,17H,1-3H3. The number of thiazole rings is 1. The van der Waals surface area contributed by atoms with Gasteiger partial charge in [-0.15, -0.1) is 11.3 Å². The molecule has 5 heteroatoms. The lowest BCUT2D eigenvalue weighted by molar-refractivity contribution is 0.573. The van der Waals surface area contributed by atoms with Crippen molar-refractivity contribution >= 4 is 27.3 Å². The van der Waals surface area contributed by atoms with Crippen LogP contribution in [0.5, 0.6) is 0 Å². The molecule has 0 fully saturated rings. The van der Waals surface area contributed by atoms with Gasteiger partial charge in [0.1, 0.15) is 10.8 Å². The minimum absolute atomic E-state index is 0.203. The molecular formula is C14H16BrFN2S. The van der Waals surface area contributed by atoms with Gasteiger partial charge in [0, 0.05) is 15.4 Å². The zero-order valence-corrected chi connectivity index (χ0v) is 13.5. The van der Waals surface area contributed by atoms with Gasteiger partial charge in [0.15, 0.2) is 0 Å². The molecule has 1 aromatic heterocycles. The van der Waals surface area contributed by atoms with Gasteiger partial charge in [-0.2, -0.15) is 0 Å². The van der Waals surface area contributed by atoms with Gasteiger partial charge >= 0.3 is 0 Å². The lowest BCUT2D eigenvalue weighted by Gasteiger charge is -2.15. The van der Waals surface area contributed by atoms with Gasteiger partial charge in [-0.25, -0.2) is 9.37 Å². The van der Waals surface area contributed by atoms with E-state index >= 15 is 0 Å². The van der Waals surface area contributed by atoms with E-state index in [1.807, 2.05) is 18.5 Å². The van der Waals surface area contributed by atoms with Crippen LogP contribution in [0.2, 0.25) is 0 Å². The van der Waals surface area contributed by atoms with E-state index in [0.717, 1.165) is 15.2 Å². The average molecular weight is 343 g/mol. The Hall–Kier alpha value is -0.780. The van der Waals surface area contributed by atoms with E-state index in [4.69, 9.17) is 0 Å². The van der Waals surface area contributed by atoms with Crippen LogP contribution in [0.3, 0.4) is 0 Å². The van der Waals surface area contributed by atoms with Crippen LogP contribution >= 0.6 is 27.3 Å². The second kappa shape index (κ2) is 6.11. The molecule has 0 bridgehead atoms. The highest BCUT2D eigenvalue weighted by Crippen LogP contribution is 2.29. The molecule has 0 radical (unpaired) electrons. The van der Waals surface area contributed by atoms with Crippen LogP contribution in [0, 0.1) is 5.82 Å². The molecule has 0 amide bonds. The minimum Gasteiger partial charge on any atom is -0.307 e. The molecule has 2 aromatic rings. The molecule has 0 aliphatic rings. The molecule has 1 unspecified atom stereocenters. The predicted octanol–water partition coefficient (Wildman–Crippen LogP) is 4.48. The summed E-state index contributed by atoms with van der Waals surface area (Å²) in [5.74, 6) is 0.160. The number of aromatic nitrogens is 1. The molecule has 0 spiro atoms. The van der Waals surface area contributed by atoms with E-state index in [2.05, 4.69) is 40.1 Å². The first-order chi connectivity index (χ1) is 9.02. The maximum atomic E-state index is 14.0. The number of benzene rings is 1. The van der Waals surface area contributed by atoms with Crippen LogP contribution < -0.4 is 5.32 Å². The molecule has 102 valence electrons. The Morgan fingerprint density at radius 2 is 2.11 bits per heavy atom. The summed E-state index contributed by atoms with van der Waals surface area (Å²) in [7, 11) is 1.82. The molecule has 0 saturated carbocycles. The molecule has 1 aromatic carbocycles. The number of rotatable bonds is 4. The first-order valence-electron chi connectivity index (χ1n) is 6.10. The van der Waals surface area contributed by atoms with Crippen molar-refractivity contribution in [3.05, 3.63) is 50.1 Å². The van der Waals surface area contributed by atoms with Crippen LogP contribution in [-0.4, -0.2) is 12.0 Å². The van der Waals surface area contributed by atoms with E-state index < -0.39 is 0 Å². The number of nitrogens with zero attached hydrogens (tertiary/aromatic N) is 1. The number of nitrogens with one attached hydrogen (secondary N) is 1. The van der Waals surface area contributed by atoms with Crippen molar-refractivity contribution in [2.24, 2.45) is 0 Å². The monoisotopic (exact) mass is 342 g/mol. The first kappa shape index (κ1) is 14.6. The summed E-state index contributed by atoms with van der Waals surface area (Å²) < 4.78 is 14.8. The van der Waals surface area contributed by atoms with Crippen molar-refractivity contribution in [2.45, 2.75) is 25.8 Å². The van der Waals surface area contributed by atoms with Crippen molar-refractivity contribution in [1.82, 2.24) is 10.3 Å². The largest absolute Gasteiger partial charge is 0.307 e. The second-order valence-corrected chi connectivity index (χ2v) is 6.46. The van der Waals surface area contributed by atoms with Gasteiger partial charge in [0.05, 0.1) is 11.7 Å². The molecule has 0 aliphatic carbocycles. The van der Waals surface area contributed by atoms with Crippen LogP contribution in [0.25, 0.3) is 0 Å². The normalized spacial score (nSPS) is 12.9. The van der Waals surface area contributed by atoms with Gasteiger partial charge in [0.25, 0.3) is 0 Å². The van der Waals surface area contributed by atoms with Crippen LogP contribution in [0.1, 0.15) is 42.1 Å². The third-order valence-electron chi connectivity index (χ3n) is 2.94. The highest BCUT2D eigenvalue weighted by molar-refractivity contribution is 9.10. The summed E-state index contributed by atoms with van der Waals surface area (Å²) in [4.78, 5) is 4.60. The first-order valence-corrected chi connectivity index (χ1v) is 7.77. The Kier molecular flexibility index (Phi) is 4.71. The SMILES string of the molecule is CNC(c1nc(C(C)C)cs1)c1ccc(Br)cc1F. The highest BCUT2D eigenvalue weighted by Gasteiger charge is 2.20. The van der Waals surface area contributed by atoms with Crippen LogP contribution in [0.15, 0.2) is 28.1 Å². The topological polar surface area (TPSA) is 24.9 Å². The molecule has 19 heavy (non-hydrogen) atoms. The summed E-state index contributed by atoms with van der Waals surface area (Å²) in [6.07, 6.45) is 0. The van der Waals surface area contributed by atoms with E-state index in [1.165, 1.54) is 6.07 Å². The van der Waals surface area contributed by atoms with Crippen molar-refractivity contribution in [3.63, 3.8) is 0 Å². The fourth-order valence-corrected chi connectivity index (χ4v) is 3.28. The second-order valence-electron chi connectivity index (χ2n) is 4.65. The van der Waals surface area contributed by atoms with Crippen molar-refractivity contribution in [2.75, 3.05) is 7.05 Å². The molecule has 1 heterocycles. The van der Waals surface area contributed by atoms with Crippen molar-refractivity contribution in [3.8, 4) is 0 Å². The summed E-state index contributed by atoms with van der Waals surface area (Å²) >= 11 is 4.84. The van der Waals surface area contributed by atoms with Gasteiger partial charge in [-0.3, -0.25) is 0 Å². The zero-order valence-electron chi connectivity index (χ0n) is 11.1. The Balaban J connectivity index is 2.38. The van der Waals surface area contributed by atoms with Gasteiger partial charge in [0.2, 0.25) is 0 Å². The predicted molar refractivity (Wildman–Crippen MR) is 81.2 cm³/mol. The zero-order chi connectivity index (χ0) is 14.0. The van der Waals surface area contributed by atoms with E-state index in [9.17, 15) is 4.39 Å². The maximum absolute atomic E-state index is 14.0. The lowest BCUT2D eigenvalue weighted by atomic mass is 10.1. The number of halogens is 2. The van der Waals surface area contributed by atoms with Gasteiger partial charge < -0.3 is 5.32 Å². The molecular weight excluding hydrogens is 327 g/mol. The average Bonchev–Trinajstić information content (AvgIpc) is 2.82. The third kappa shape index (κ3) is 3.22. The lowest BCUT2D eigenvalue weighted by Crippen LogP contribution is -2.19. The summed E-state index contributed by atoms with van der Waals surface area (Å²) in [6.45, 7) is 4.21. The summed E-state index contributed by atoms with van der Waals surface area (Å²) in [6, 6.07) is 4.92. The third-order valence-corrected chi connectivity index (χ3v) is 4.36. The van der Waals surface area contributed by atoms with Crippen molar-refractivity contribution in [1.29, 1.82) is 0 Å². The van der Waals surface area contributed by atoms with Gasteiger partial charge in [-0.1, -0.05) is 35.8 Å². The quantitative estimate of drug-likeness (QED) is 0.886. The van der Waals surface area contributed by atoms with E-state index in [-0.39, 0.29) is 11.9 Å². The molecule has 2 rings (SSSR count). The molecule has 0 aliphatic heterocycles. The maximum Gasteiger partial charge on any atom is 0.129 e. The molecule has 1 atom stereocenters. The van der Waals surface area contributed by atoms with Crippen LogP contribution in [0.4, 0.5) is 4.39 Å². The van der Waals surface area contributed by atoms with E-state index in [1.54, 1.807) is 17.4 Å². The van der Waals surface area contributed by atoms with Crippen molar-refractivity contribution < 1.29 is 4.39 Å². The highest BCUT2D eigenvalue weighted by atomic mass is 79.9.